The third kappa shape index (κ3) is 6.57. The molecule has 5 nitrogen and oxygen atoms in total. The van der Waals surface area contributed by atoms with E-state index in [1.807, 2.05) is 24.3 Å². The predicted octanol–water partition coefficient (Wildman–Crippen LogP) is 3.70. The van der Waals surface area contributed by atoms with E-state index in [2.05, 4.69) is 29.4 Å². The van der Waals surface area contributed by atoms with Crippen molar-refractivity contribution in [2.75, 3.05) is 47.3 Å². The Balaban J connectivity index is 0.000000438. The van der Waals surface area contributed by atoms with Crippen LogP contribution in [0.15, 0.2) is 24.3 Å². The minimum Gasteiger partial charge on any atom is -0.384 e. The van der Waals surface area contributed by atoms with Crippen LogP contribution in [0.5, 0.6) is 0 Å². The summed E-state index contributed by atoms with van der Waals surface area (Å²) in [5.41, 5.74) is 1.89. The minimum atomic E-state index is -1.03. The van der Waals surface area contributed by atoms with Crippen molar-refractivity contribution < 1.29 is 23.7 Å². The van der Waals surface area contributed by atoms with E-state index >= 15 is 0 Å². The first-order chi connectivity index (χ1) is 14.1. The van der Waals surface area contributed by atoms with Gasteiger partial charge in [0.25, 0.3) is 0 Å². The van der Waals surface area contributed by atoms with Crippen molar-refractivity contribution in [2.45, 2.75) is 38.6 Å². The largest absolute Gasteiger partial charge is 0.384 e. The molecule has 0 amide bonds. The molecule has 0 spiro atoms. The van der Waals surface area contributed by atoms with Crippen molar-refractivity contribution in [3.05, 3.63) is 35.4 Å². The monoisotopic (exact) mass is 400 g/mol. The molecule has 5 heteroatoms. The molecule has 3 heterocycles. The molecule has 0 aromatic heterocycles. The van der Waals surface area contributed by atoms with Gasteiger partial charge in [0.15, 0.2) is 0 Å². The summed E-state index contributed by atoms with van der Waals surface area (Å²) < 4.78 is 27.5. The zero-order chi connectivity index (χ0) is 21.0. The second-order valence-electron chi connectivity index (χ2n) is 7.24. The Morgan fingerprint density at radius 3 is 2.03 bits per heavy atom. The number of benzene rings is 1. The highest BCUT2D eigenvalue weighted by molar-refractivity contribution is 5.37. The molecular weight excluding hydrogens is 368 g/mol. The molecule has 0 radical (unpaired) electrons. The van der Waals surface area contributed by atoms with Crippen LogP contribution in [-0.4, -0.2) is 47.3 Å². The van der Waals surface area contributed by atoms with Crippen LogP contribution in [-0.2, 0) is 29.7 Å². The molecular formula is C24H32O5. The molecule has 0 unspecified atom stereocenters. The van der Waals surface area contributed by atoms with E-state index in [0.717, 1.165) is 36.8 Å². The van der Waals surface area contributed by atoms with Crippen molar-refractivity contribution >= 4 is 0 Å². The summed E-state index contributed by atoms with van der Waals surface area (Å²) >= 11 is 0. The number of methoxy groups -OCH3 is 2. The van der Waals surface area contributed by atoms with Crippen molar-refractivity contribution in [2.24, 2.45) is 5.41 Å². The summed E-state index contributed by atoms with van der Waals surface area (Å²) in [6.45, 7) is 5.59. The van der Waals surface area contributed by atoms with Crippen molar-refractivity contribution in [3.63, 3.8) is 0 Å². The predicted molar refractivity (Wildman–Crippen MR) is 112 cm³/mol. The van der Waals surface area contributed by atoms with Crippen LogP contribution in [0.3, 0.4) is 0 Å². The third-order valence-corrected chi connectivity index (χ3v) is 4.84. The molecule has 4 rings (SSSR count). The lowest BCUT2D eigenvalue weighted by molar-refractivity contribution is -0.480. The number of ether oxygens (including phenoxy) is 5. The van der Waals surface area contributed by atoms with Gasteiger partial charge in [-0.3, -0.25) is 0 Å². The van der Waals surface area contributed by atoms with Gasteiger partial charge in [0, 0.05) is 43.6 Å². The molecule has 1 aromatic carbocycles. The maximum absolute atomic E-state index is 5.96. The van der Waals surface area contributed by atoms with Crippen LogP contribution in [0.1, 0.15) is 43.7 Å². The molecule has 3 fully saturated rings. The van der Waals surface area contributed by atoms with Crippen LogP contribution >= 0.6 is 0 Å². The van der Waals surface area contributed by atoms with Crippen molar-refractivity contribution in [1.29, 1.82) is 0 Å². The topological polar surface area (TPSA) is 46.2 Å². The highest BCUT2D eigenvalue weighted by Gasteiger charge is 2.53. The lowest BCUT2D eigenvalue weighted by Crippen LogP contribution is -2.58. The molecule has 3 saturated heterocycles. The quantitative estimate of drug-likeness (QED) is 0.516. The van der Waals surface area contributed by atoms with E-state index < -0.39 is 5.97 Å². The fourth-order valence-corrected chi connectivity index (χ4v) is 3.23. The Hall–Kier alpha value is -1.86. The Kier molecular flexibility index (Phi) is 9.67. The Labute approximate surface area is 175 Å². The van der Waals surface area contributed by atoms with Crippen LogP contribution in [0.4, 0.5) is 0 Å². The van der Waals surface area contributed by atoms with E-state index in [0.29, 0.717) is 33.0 Å². The maximum Gasteiger partial charge on any atom is 0.312 e. The summed E-state index contributed by atoms with van der Waals surface area (Å²) in [5, 5.41) is 0. The molecule has 1 aromatic rings. The van der Waals surface area contributed by atoms with Gasteiger partial charge in [-0.05, 0) is 30.7 Å². The Bertz CT molecular complexity index is 683. The summed E-state index contributed by atoms with van der Waals surface area (Å²) in [7, 11) is 3.32. The molecule has 0 atom stereocenters. The van der Waals surface area contributed by atoms with Gasteiger partial charge < -0.3 is 23.7 Å². The summed E-state index contributed by atoms with van der Waals surface area (Å²) in [5.74, 6) is 7.62. The van der Waals surface area contributed by atoms with Gasteiger partial charge in [-0.1, -0.05) is 25.2 Å². The number of rotatable bonds is 7. The van der Waals surface area contributed by atoms with Gasteiger partial charge >= 0.3 is 5.97 Å². The van der Waals surface area contributed by atoms with Gasteiger partial charge in [0.1, 0.15) is 0 Å². The fourth-order valence-electron chi connectivity index (χ4n) is 3.23. The molecule has 0 N–H and O–H groups in total. The van der Waals surface area contributed by atoms with E-state index in [1.165, 1.54) is 0 Å². The fraction of sp³-hybridized carbons (Fsp3) is 0.583. The highest BCUT2D eigenvalue weighted by Crippen LogP contribution is 2.46. The summed E-state index contributed by atoms with van der Waals surface area (Å²) in [6.07, 6.45) is 8.52. The number of hydrogen-bond acceptors (Lipinski definition) is 5. The van der Waals surface area contributed by atoms with Crippen LogP contribution < -0.4 is 0 Å². The molecule has 2 bridgehead atoms. The first kappa shape index (κ1) is 23.4. The molecule has 3 aliphatic rings. The van der Waals surface area contributed by atoms with Crippen LogP contribution in [0.25, 0.3) is 0 Å². The highest BCUT2D eigenvalue weighted by atomic mass is 16.9. The number of terminal acetylenes is 1. The number of hydrogen-bond donors (Lipinski definition) is 0. The maximum atomic E-state index is 5.96. The van der Waals surface area contributed by atoms with E-state index in [9.17, 15) is 0 Å². The van der Waals surface area contributed by atoms with Gasteiger partial charge in [-0.15, -0.1) is 12.3 Å². The molecule has 158 valence electrons. The minimum absolute atomic E-state index is 0.0310. The first-order valence-electron chi connectivity index (χ1n) is 10.1. The van der Waals surface area contributed by atoms with E-state index in [4.69, 9.17) is 25.4 Å². The first-order valence-corrected chi connectivity index (χ1v) is 10.1. The second kappa shape index (κ2) is 12.0. The van der Waals surface area contributed by atoms with Crippen molar-refractivity contribution in [3.8, 4) is 24.2 Å². The SMILES string of the molecule is C#CCCOC.CCCC12COC(c3ccc(C#CCCOC)cc3)(OC1)OC2. The van der Waals surface area contributed by atoms with Crippen LogP contribution in [0.2, 0.25) is 0 Å². The lowest BCUT2D eigenvalue weighted by atomic mass is 9.83. The van der Waals surface area contributed by atoms with Gasteiger partial charge in [0.05, 0.1) is 33.0 Å². The van der Waals surface area contributed by atoms with Crippen LogP contribution in [0, 0.1) is 29.6 Å². The normalized spacial score (nSPS) is 24.6. The average molecular weight is 401 g/mol. The van der Waals surface area contributed by atoms with E-state index in [1.54, 1.807) is 14.2 Å². The Morgan fingerprint density at radius 1 is 0.966 bits per heavy atom. The smallest absolute Gasteiger partial charge is 0.312 e. The molecule has 0 saturated carbocycles. The zero-order valence-electron chi connectivity index (χ0n) is 17.8. The standard InChI is InChI=1S/C19H24O4.C5H8O/c1-3-11-18-13-21-19(22-14-18,23-15-18)17-9-7-16(8-10-17)6-4-5-12-20-2;1-3-4-5-6-2/h7-10H,3,5,11-15H2,1-2H3;1H,4-5H2,2H3. The Morgan fingerprint density at radius 2 is 1.55 bits per heavy atom. The molecule has 0 aliphatic carbocycles. The average Bonchev–Trinajstić information content (AvgIpc) is 2.77. The van der Waals surface area contributed by atoms with Crippen molar-refractivity contribution in [1.82, 2.24) is 0 Å². The van der Waals surface area contributed by atoms with Gasteiger partial charge in [-0.2, -0.15) is 0 Å². The number of fused-ring (bicyclic) bond motifs is 3. The molecule has 29 heavy (non-hydrogen) atoms. The summed E-state index contributed by atoms with van der Waals surface area (Å²) in [6, 6.07) is 7.89. The van der Waals surface area contributed by atoms with Gasteiger partial charge in [-0.25, -0.2) is 0 Å². The van der Waals surface area contributed by atoms with E-state index in [-0.39, 0.29) is 5.41 Å². The third-order valence-electron chi connectivity index (χ3n) is 4.84. The van der Waals surface area contributed by atoms with Gasteiger partial charge in [0.2, 0.25) is 0 Å². The zero-order valence-corrected chi connectivity index (χ0v) is 17.8. The lowest BCUT2D eigenvalue weighted by Gasteiger charge is -2.51. The second-order valence-corrected chi connectivity index (χ2v) is 7.24. The summed E-state index contributed by atoms with van der Waals surface area (Å²) in [4.78, 5) is 0. The molecule has 3 aliphatic heterocycles.